The molecular formula is C14H25N3O2. The topological polar surface area (TPSA) is 61.4 Å². The third-order valence-electron chi connectivity index (χ3n) is 4.42. The van der Waals surface area contributed by atoms with Gasteiger partial charge in [0.1, 0.15) is 0 Å². The normalized spacial score (nSPS) is 23.7. The van der Waals surface area contributed by atoms with E-state index in [2.05, 4.69) is 10.6 Å². The second-order valence-corrected chi connectivity index (χ2v) is 6.05. The van der Waals surface area contributed by atoms with Crippen LogP contribution >= 0.6 is 0 Å². The summed E-state index contributed by atoms with van der Waals surface area (Å²) in [6.07, 6.45) is 3.62. The Hall–Kier alpha value is -1.10. The van der Waals surface area contributed by atoms with Crippen molar-refractivity contribution in [3.8, 4) is 0 Å². The van der Waals surface area contributed by atoms with Crippen LogP contribution in [-0.2, 0) is 9.59 Å². The van der Waals surface area contributed by atoms with E-state index in [-0.39, 0.29) is 29.8 Å². The maximum absolute atomic E-state index is 12.1. The number of hydrogen-bond acceptors (Lipinski definition) is 3. The molecule has 2 saturated heterocycles. The quantitative estimate of drug-likeness (QED) is 0.780. The van der Waals surface area contributed by atoms with Crippen molar-refractivity contribution in [1.82, 2.24) is 15.5 Å². The van der Waals surface area contributed by atoms with Crippen molar-refractivity contribution in [3.05, 3.63) is 0 Å². The fraction of sp³-hybridized carbons (Fsp3) is 0.857. The number of nitrogens with one attached hydrogen (secondary N) is 2. The number of rotatable bonds is 4. The van der Waals surface area contributed by atoms with Gasteiger partial charge < -0.3 is 15.5 Å². The van der Waals surface area contributed by atoms with Gasteiger partial charge in [0.05, 0.1) is 6.54 Å². The van der Waals surface area contributed by atoms with Crippen LogP contribution in [0.2, 0.25) is 0 Å². The molecule has 2 rings (SSSR count). The lowest BCUT2D eigenvalue weighted by Crippen LogP contribution is -2.43. The third-order valence-corrected chi connectivity index (χ3v) is 4.42. The minimum atomic E-state index is -0.0336. The molecule has 19 heavy (non-hydrogen) atoms. The van der Waals surface area contributed by atoms with Crippen LogP contribution in [0.5, 0.6) is 0 Å². The van der Waals surface area contributed by atoms with Crippen LogP contribution in [0.25, 0.3) is 0 Å². The van der Waals surface area contributed by atoms with Crippen LogP contribution in [0, 0.1) is 5.41 Å². The van der Waals surface area contributed by atoms with Gasteiger partial charge in [0.2, 0.25) is 11.8 Å². The van der Waals surface area contributed by atoms with E-state index >= 15 is 0 Å². The molecule has 1 unspecified atom stereocenters. The number of hydrogen-bond donors (Lipinski definition) is 2. The van der Waals surface area contributed by atoms with E-state index in [0.29, 0.717) is 6.42 Å². The van der Waals surface area contributed by atoms with E-state index in [1.165, 1.54) is 0 Å². The predicted molar refractivity (Wildman–Crippen MR) is 73.6 cm³/mol. The second-order valence-electron chi connectivity index (χ2n) is 6.05. The maximum atomic E-state index is 12.1. The highest BCUT2D eigenvalue weighted by molar-refractivity contribution is 5.86. The fourth-order valence-electron chi connectivity index (χ4n) is 3.01. The first-order chi connectivity index (χ1) is 9.04. The Morgan fingerprint density at radius 2 is 2.16 bits per heavy atom. The zero-order chi connectivity index (χ0) is 13.9. The number of carbonyl (C=O) groups excluding carboxylic acids is 2. The van der Waals surface area contributed by atoms with Crippen molar-refractivity contribution in [2.75, 3.05) is 26.2 Å². The van der Waals surface area contributed by atoms with Gasteiger partial charge in [0.25, 0.3) is 0 Å². The van der Waals surface area contributed by atoms with Gasteiger partial charge in [-0.25, -0.2) is 0 Å². The molecule has 5 nitrogen and oxygen atoms in total. The highest BCUT2D eigenvalue weighted by Crippen LogP contribution is 2.39. The zero-order valence-corrected chi connectivity index (χ0v) is 12.0. The molecule has 0 aromatic heterocycles. The van der Waals surface area contributed by atoms with Crippen LogP contribution in [0.4, 0.5) is 0 Å². The Bertz CT molecular complexity index is 351. The summed E-state index contributed by atoms with van der Waals surface area (Å²) in [5.74, 6) is 0.106. The summed E-state index contributed by atoms with van der Waals surface area (Å²) in [4.78, 5) is 25.7. The molecule has 0 bridgehead atoms. The number of carbonyl (C=O) groups is 2. The van der Waals surface area contributed by atoms with E-state index in [1.807, 2.05) is 13.8 Å². The van der Waals surface area contributed by atoms with Crippen LogP contribution < -0.4 is 10.6 Å². The lowest BCUT2D eigenvalue weighted by molar-refractivity contribution is -0.133. The number of piperidine rings is 1. The standard InChI is InChI=1S/C14H25N3O2/c1-3-11(2)16-12(18)9-17-10-14(8-13(17)19)4-6-15-7-5-14/h11,15H,3-10H2,1-2H3,(H,16,18). The first kappa shape index (κ1) is 14.3. The largest absolute Gasteiger partial charge is 0.352 e. The van der Waals surface area contributed by atoms with E-state index in [1.54, 1.807) is 4.90 Å². The van der Waals surface area contributed by atoms with Gasteiger partial charge in [0.15, 0.2) is 0 Å². The Kier molecular flexibility index (Phi) is 4.45. The molecule has 1 atom stereocenters. The Morgan fingerprint density at radius 3 is 2.79 bits per heavy atom. The van der Waals surface area contributed by atoms with Gasteiger partial charge in [-0.05, 0) is 44.7 Å². The Balaban J connectivity index is 1.87. The smallest absolute Gasteiger partial charge is 0.239 e. The molecule has 2 aliphatic heterocycles. The fourth-order valence-corrected chi connectivity index (χ4v) is 3.01. The zero-order valence-electron chi connectivity index (χ0n) is 12.0. The summed E-state index contributed by atoms with van der Waals surface area (Å²) in [5.41, 5.74) is 0.124. The van der Waals surface area contributed by atoms with Crippen molar-refractivity contribution in [1.29, 1.82) is 0 Å². The van der Waals surface area contributed by atoms with E-state index in [4.69, 9.17) is 0 Å². The maximum Gasteiger partial charge on any atom is 0.239 e. The van der Waals surface area contributed by atoms with E-state index in [9.17, 15) is 9.59 Å². The van der Waals surface area contributed by atoms with Gasteiger partial charge in [-0.3, -0.25) is 9.59 Å². The van der Waals surface area contributed by atoms with Crippen LogP contribution in [0.15, 0.2) is 0 Å². The van der Waals surface area contributed by atoms with Crippen molar-refractivity contribution in [3.63, 3.8) is 0 Å². The van der Waals surface area contributed by atoms with Crippen molar-refractivity contribution in [2.24, 2.45) is 5.41 Å². The molecule has 108 valence electrons. The molecule has 0 aromatic carbocycles. The first-order valence-electron chi connectivity index (χ1n) is 7.32. The molecule has 2 fully saturated rings. The minimum absolute atomic E-state index is 0.0336. The lowest BCUT2D eigenvalue weighted by atomic mass is 9.78. The number of likely N-dealkylation sites (tertiary alicyclic amines) is 1. The monoisotopic (exact) mass is 267 g/mol. The van der Waals surface area contributed by atoms with Crippen molar-refractivity contribution >= 4 is 11.8 Å². The van der Waals surface area contributed by atoms with Crippen LogP contribution in [0.1, 0.15) is 39.5 Å². The van der Waals surface area contributed by atoms with Gasteiger partial charge >= 0.3 is 0 Å². The van der Waals surface area contributed by atoms with Gasteiger partial charge in [-0.1, -0.05) is 6.92 Å². The SMILES string of the molecule is CCC(C)NC(=O)CN1CC2(CCNCC2)CC1=O. The molecule has 0 saturated carbocycles. The molecule has 2 aliphatic rings. The summed E-state index contributed by atoms with van der Waals surface area (Å²) in [5, 5.41) is 6.25. The van der Waals surface area contributed by atoms with E-state index < -0.39 is 0 Å². The third kappa shape index (κ3) is 3.47. The summed E-state index contributed by atoms with van der Waals surface area (Å²) in [6.45, 7) is 6.97. The second kappa shape index (κ2) is 5.90. The average molecular weight is 267 g/mol. The first-order valence-corrected chi connectivity index (χ1v) is 7.32. The van der Waals surface area contributed by atoms with Crippen molar-refractivity contribution < 1.29 is 9.59 Å². The summed E-state index contributed by atoms with van der Waals surface area (Å²) < 4.78 is 0. The van der Waals surface area contributed by atoms with Crippen LogP contribution in [0.3, 0.4) is 0 Å². The molecule has 2 amide bonds. The molecule has 0 radical (unpaired) electrons. The lowest BCUT2D eigenvalue weighted by Gasteiger charge is -2.33. The van der Waals surface area contributed by atoms with Crippen molar-refractivity contribution in [2.45, 2.75) is 45.6 Å². The minimum Gasteiger partial charge on any atom is -0.352 e. The predicted octanol–water partition coefficient (Wildman–Crippen LogP) is 0.503. The Morgan fingerprint density at radius 1 is 1.47 bits per heavy atom. The molecule has 0 aromatic rings. The molecule has 1 spiro atoms. The molecule has 0 aliphatic carbocycles. The van der Waals surface area contributed by atoms with Gasteiger partial charge in [-0.2, -0.15) is 0 Å². The molecule has 2 N–H and O–H groups in total. The summed E-state index contributed by atoms with van der Waals surface area (Å²) in [6, 6.07) is 0.179. The van der Waals surface area contributed by atoms with E-state index in [0.717, 1.165) is 38.9 Å². The average Bonchev–Trinajstić information content (AvgIpc) is 2.66. The number of nitrogens with zero attached hydrogens (tertiary/aromatic N) is 1. The highest BCUT2D eigenvalue weighted by Gasteiger charge is 2.43. The molecular weight excluding hydrogens is 242 g/mol. The van der Waals surface area contributed by atoms with Gasteiger partial charge in [-0.15, -0.1) is 0 Å². The van der Waals surface area contributed by atoms with Gasteiger partial charge in [0, 0.05) is 19.0 Å². The summed E-state index contributed by atoms with van der Waals surface area (Å²) in [7, 11) is 0. The molecule has 2 heterocycles. The Labute approximate surface area is 115 Å². The summed E-state index contributed by atoms with van der Waals surface area (Å²) >= 11 is 0. The van der Waals surface area contributed by atoms with Crippen LogP contribution in [-0.4, -0.2) is 48.9 Å². The highest BCUT2D eigenvalue weighted by atomic mass is 16.2. The number of amides is 2. The molecule has 5 heteroatoms.